The van der Waals surface area contributed by atoms with Gasteiger partial charge < -0.3 is 9.84 Å². The summed E-state index contributed by atoms with van der Waals surface area (Å²) in [4.78, 5) is 1.04. The average Bonchev–Trinajstić information content (AvgIpc) is 3.16. The van der Waals surface area contributed by atoms with Gasteiger partial charge >= 0.3 is 0 Å². The van der Waals surface area contributed by atoms with Gasteiger partial charge in [0.15, 0.2) is 12.3 Å². The highest BCUT2D eigenvalue weighted by Gasteiger charge is 2.43. The number of allylic oxidation sites excluding steroid dienone is 1. The third-order valence-electron chi connectivity index (χ3n) is 3.86. The summed E-state index contributed by atoms with van der Waals surface area (Å²) in [5.41, 5.74) is 4.46. The van der Waals surface area contributed by atoms with Crippen LogP contribution in [-0.4, -0.2) is 23.0 Å². The summed E-state index contributed by atoms with van der Waals surface area (Å²) >= 11 is 1.62. The van der Waals surface area contributed by atoms with Crippen molar-refractivity contribution in [3.63, 3.8) is 0 Å². The molecule has 1 unspecified atom stereocenters. The number of aliphatic hydroxyl groups is 1. The zero-order valence-corrected chi connectivity index (χ0v) is 11.9. The molecule has 3 nitrogen and oxygen atoms in total. The Bertz CT molecular complexity index is 740. The van der Waals surface area contributed by atoms with Gasteiger partial charge in [-0.2, -0.15) is 4.58 Å². The molecule has 0 bridgehead atoms. The Morgan fingerprint density at radius 3 is 2.85 bits per heavy atom. The molecule has 2 aliphatic rings. The first-order valence-electron chi connectivity index (χ1n) is 6.56. The summed E-state index contributed by atoms with van der Waals surface area (Å²) in [7, 11) is 1.67. The summed E-state index contributed by atoms with van der Waals surface area (Å²) in [6.07, 6.45) is 4.64. The van der Waals surface area contributed by atoms with Gasteiger partial charge in [-0.3, -0.25) is 0 Å². The highest BCUT2D eigenvalue weighted by atomic mass is 32.1. The van der Waals surface area contributed by atoms with Gasteiger partial charge in [-0.05, 0) is 23.8 Å². The van der Waals surface area contributed by atoms with Crippen molar-refractivity contribution in [1.82, 2.24) is 0 Å². The van der Waals surface area contributed by atoms with Crippen LogP contribution in [0.5, 0.6) is 5.75 Å². The van der Waals surface area contributed by atoms with Crippen molar-refractivity contribution >= 4 is 23.2 Å². The average molecular weight is 284 g/mol. The maximum atomic E-state index is 10.4. The molecule has 0 amide bonds. The normalized spacial score (nSPS) is 19.4. The second kappa shape index (κ2) is 4.30. The Balaban J connectivity index is 1.86. The molecule has 0 radical (unpaired) electrons. The number of nitrogens with zero attached hydrogens (tertiary/aromatic N) is 1. The van der Waals surface area contributed by atoms with E-state index in [1.54, 1.807) is 18.4 Å². The van der Waals surface area contributed by atoms with E-state index in [4.69, 9.17) is 4.74 Å². The van der Waals surface area contributed by atoms with Crippen LogP contribution in [0.4, 0.5) is 5.69 Å². The minimum absolute atomic E-state index is 0.472. The molecule has 1 aromatic heterocycles. The van der Waals surface area contributed by atoms with Gasteiger partial charge in [-0.15, -0.1) is 11.3 Å². The van der Waals surface area contributed by atoms with E-state index >= 15 is 0 Å². The van der Waals surface area contributed by atoms with E-state index in [1.165, 1.54) is 5.56 Å². The molecule has 100 valence electrons. The van der Waals surface area contributed by atoms with Crippen LogP contribution in [0.3, 0.4) is 0 Å². The van der Waals surface area contributed by atoms with E-state index in [1.807, 2.05) is 12.1 Å². The van der Waals surface area contributed by atoms with Crippen LogP contribution >= 0.6 is 11.3 Å². The van der Waals surface area contributed by atoms with Gasteiger partial charge in [0.1, 0.15) is 10.6 Å². The van der Waals surface area contributed by atoms with Gasteiger partial charge in [-0.1, -0.05) is 12.1 Å². The van der Waals surface area contributed by atoms with Crippen molar-refractivity contribution in [2.75, 3.05) is 7.11 Å². The second-order valence-corrected chi connectivity index (χ2v) is 5.82. The third-order valence-corrected chi connectivity index (χ3v) is 4.88. The Morgan fingerprint density at radius 2 is 2.10 bits per heavy atom. The maximum absolute atomic E-state index is 10.4. The second-order valence-electron chi connectivity index (χ2n) is 4.91. The summed E-state index contributed by atoms with van der Waals surface area (Å²) in [6.45, 7) is 0. The van der Waals surface area contributed by atoms with Crippen molar-refractivity contribution in [2.24, 2.45) is 0 Å². The van der Waals surface area contributed by atoms with Crippen LogP contribution in [0.25, 0.3) is 11.1 Å². The van der Waals surface area contributed by atoms with Crippen LogP contribution in [0.1, 0.15) is 17.4 Å². The highest BCUT2D eigenvalue weighted by Crippen LogP contribution is 2.51. The lowest BCUT2D eigenvalue weighted by Crippen LogP contribution is -1.99. The van der Waals surface area contributed by atoms with E-state index in [9.17, 15) is 5.11 Å². The van der Waals surface area contributed by atoms with E-state index < -0.39 is 6.10 Å². The van der Waals surface area contributed by atoms with Crippen LogP contribution < -0.4 is 4.74 Å². The predicted octanol–water partition coefficient (Wildman–Crippen LogP) is 3.47. The molecule has 4 heteroatoms. The predicted molar refractivity (Wildman–Crippen MR) is 80.0 cm³/mol. The third kappa shape index (κ3) is 1.52. The van der Waals surface area contributed by atoms with Gasteiger partial charge in [0.05, 0.1) is 19.1 Å². The van der Waals surface area contributed by atoms with Crippen molar-refractivity contribution in [3.05, 3.63) is 46.3 Å². The highest BCUT2D eigenvalue weighted by molar-refractivity contribution is 7.11. The number of thiophene rings is 1. The van der Waals surface area contributed by atoms with Crippen LogP contribution in [0.15, 0.2) is 41.4 Å². The quantitative estimate of drug-likeness (QED) is 0.856. The van der Waals surface area contributed by atoms with Gasteiger partial charge in [0.2, 0.25) is 11.4 Å². The molecular weight excluding hydrogens is 270 g/mol. The Hall–Kier alpha value is -1.91. The number of hydrogen-bond acceptors (Lipinski definition) is 3. The Kier molecular flexibility index (Phi) is 2.55. The zero-order valence-electron chi connectivity index (χ0n) is 11.0. The number of rotatable bonds is 2. The minimum Gasteiger partial charge on any atom is -0.497 e. The molecule has 0 saturated heterocycles. The van der Waals surface area contributed by atoms with Crippen LogP contribution in [-0.2, 0) is 0 Å². The molecule has 0 spiro atoms. The lowest BCUT2D eigenvalue weighted by Gasteiger charge is -2.02. The molecule has 0 aliphatic carbocycles. The van der Waals surface area contributed by atoms with E-state index in [2.05, 4.69) is 34.4 Å². The fourth-order valence-electron chi connectivity index (χ4n) is 2.87. The fraction of sp³-hybridized carbons (Fsp3) is 0.188. The molecule has 0 saturated carbocycles. The number of fused-ring (bicyclic) bond motifs is 3. The van der Waals surface area contributed by atoms with Gasteiger partial charge in [-0.25, -0.2) is 0 Å². The maximum Gasteiger partial charge on any atom is 0.235 e. The van der Waals surface area contributed by atoms with E-state index in [0.717, 1.165) is 34.0 Å². The molecule has 1 atom stereocenters. The molecule has 20 heavy (non-hydrogen) atoms. The fourth-order valence-corrected chi connectivity index (χ4v) is 3.93. The Labute approximate surface area is 121 Å². The lowest BCUT2D eigenvalue weighted by molar-refractivity contribution is -0.374. The van der Waals surface area contributed by atoms with Crippen LogP contribution in [0, 0.1) is 0 Å². The number of benzene rings is 1. The SMILES string of the molecule is COc1ccc(-c2csc3c2[N+]2=CCC=C2C3O)cc1. The zero-order chi connectivity index (χ0) is 13.7. The lowest BCUT2D eigenvalue weighted by atomic mass is 10.1. The summed E-state index contributed by atoms with van der Waals surface area (Å²) in [5, 5.41) is 12.5. The molecule has 0 fully saturated rings. The van der Waals surface area contributed by atoms with Crippen LogP contribution in [0.2, 0.25) is 0 Å². The first-order valence-corrected chi connectivity index (χ1v) is 7.44. The summed E-state index contributed by atoms with van der Waals surface area (Å²) < 4.78 is 7.34. The van der Waals surface area contributed by atoms with Gasteiger partial charge in [0, 0.05) is 5.38 Å². The Morgan fingerprint density at radius 1 is 1.30 bits per heavy atom. The number of aliphatic hydroxyl groups excluding tert-OH is 1. The number of hydrogen-bond donors (Lipinski definition) is 1. The molecule has 2 aromatic rings. The number of ether oxygens (including phenoxy) is 1. The van der Waals surface area contributed by atoms with Gasteiger partial charge in [0.25, 0.3) is 0 Å². The smallest absolute Gasteiger partial charge is 0.235 e. The summed E-state index contributed by atoms with van der Waals surface area (Å²) in [6, 6.07) is 8.06. The standard InChI is InChI=1S/C16H14NO2S/c1-19-11-6-4-10(5-7-11)12-9-20-16-14(12)17-8-2-3-13(17)15(16)18/h3-9,15,18H,2H2,1H3/q+1. The van der Waals surface area contributed by atoms with E-state index in [0.29, 0.717) is 0 Å². The van der Waals surface area contributed by atoms with Crippen molar-refractivity contribution in [3.8, 4) is 16.9 Å². The monoisotopic (exact) mass is 284 g/mol. The van der Waals surface area contributed by atoms with Crippen molar-refractivity contribution in [2.45, 2.75) is 12.5 Å². The minimum atomic E-state index is -0.472. The summed E-state index contributed by atoms with van der Waals surface area (Å²) in [5.74, 6) is 0.856. The molecule has 4 rings (SSSR count). The van der Waals surface area contributed by atoms with Crippen molar-refractivity contribution in [1.29, 1.82) is 0 Å². The molecule has 3 heterocycles. The largest absolute Gasteiger partial charge is 0.497 e. The first-order chi connectivity index (χ1) is 9.79. The molecular formula is C16H14NO2S+. The molecule has 1 aromatic carbocycles. The topological polar surface area (TPSA) is 32.5 Å². The van der Waals surface area contributed by atoms with E-state index in [-0.39, 0.29) is 0 Å². The molecule has 1 N–H and O–H groups in total. The number of methoxy groups -OCH3 is 1. The van der Waals surface area contributed by atoms with Crippen molar-refractivity contribution < 1.29 is 14.4 Å². The molecule has 2 aliphatic heterocycles. The first kappa shape index (κ1) is 11.9.